The van der Waals surface area contributed by atoms with Gasteiger partial charge in [0.15, 0.2) is 9.84 Å². The highest BCUT2D eigenvalue weighted by Gasteiger charge is 2.36. The Hall–Kier alpha value is -0.660. The van der Waals surface area contributed by atoms with Crippen molar-refractivity contribution in [3.05, 3.63) is 0 Å². The van der Waals surface area contributed by atoms with Crippen molar-refractivity contribution in [3.8, 4) is 0 Å². The number of hydrogen-bond donors (Lipinski definition) is 1. The number of hydrogen-bond acceptors (Lipinski definition) is 5. The zero-order valence-electron chi connectivity index (χ0n) is 11.8. The number of methoxy groups -OCH3 is 1. The topological polar surface area (TPSA) is 89.7 Å². The van der Waals surface area contributed by atoms with Gasteiger partial charge in [-0.05, 0) is 12.3 Å². The Labute approximate surface area is 115 Å². The maximum Gasteiger partial charge on any atom is 0.240 e. The largest absolute Gasteiger partial charge is 0.383 e. The van der Waals surface area contributed by atoms with Crippen LogP contribution in [0.15, 0.2) is 0 Å². The van der Waals surface area contributed by atoms with Crippen LogP contribution in [0.5, 0.6) is 0 Å². The molecule has 0 aliphatic carbocycles. The fourth-order valence-electron chi connectivity index (χ4n) is 2.16. The Morgan fingerprint density at radius 1 is 1.47 bits per heavy atom. The van der Waals surface area contributed by atoms with Crippen LogP contribution in [0.4, 0.5) is 0 Å². The van der Waals surface area contributed by atoms with Crippen molar-refractivity contribution < 1.29 is 17.9 Å². The van der Waals surface area contributed by atoms with Gasteiger partial charge in [-0.15, -0.1) is 0 Å². The number of sulfone groups is 1. The molecule has 0 spiro atoms. The van der Waals surface area contributed by atoms with Crippen LogP contribution in [0.25, 0.3) is 0 Å². The van der Waals surface area contributed by atoms with Gasteiger partial charge in [-0.25, -0.2) is 8.42 Å². The molecule has 1 saturated heterocycles. The van der Waals surface area contributed by atoms with E-state index < -0.39 is 15.9 Å². The zero-order chi connectivity index (χ0) is 14.6. The van der Waals surface area contributed by atoms with E-state index in [0.29, 0.717) is 19.6 Å². The van der Waals surface area contributed by atoms with Crippen LogP contribution in [-0.4, -0.2) is 63.1 Å². The van der Waals surface area contributed by atoms with Gasteiger partial charge in [-0.1, -0.05) is 13.8 Å². The molecule has 1 amide bonds. The lowest BCUT2D eigenvalue weighted by molar-refractivity contribution is -0.136. The summed E-state index contributed by atoms with van der Waals surface area (Å²) in [5, 5.41) is 0. The van der Waals surface area contributed by atoms with Gasteiger partial charge in [0, 0.05) is 19.7 Å². The minimum atomic E-state index is -3.02. The number of amides is 1. The highest BCUT2D eigenvalue weighted by Crippen LogP contribution is 2.19. The SMILES string of the molecule is COCCN(C(=O)C(N)C(C)C)C1CCS(=O)(=O)C1. The van der Waals surface area contributed by atoms with E-state index in [2.05, 4.69) is 0 Å². The van der Waals surface area contributed by atoms with Crippen molar-refractivity contribution >= 4 is 15.7 Å². The Kier molecular flexibility index (Phi) is 5.76. The molecular formula is C12H24N2O4S. The molecule has 1 fully saturated rings. The molecule has 0 saturated carbocycles. The molecule has 2 N–H and O–H groups in total. The van der Waals surface area contributed by atoms with Crippen LogP contribution >= 0.6 is 0 Å². The fraction of sp³-hybridized carbons (Fsp3) is 0.917. The summed E-state index contributed by atoms with van der Waals surface area (Å²) in [5.41, 5.74) is 5.89. The third kappa shape index (κ3) is 4.43. The predicted octanol–water partition coefficient (Wildman–Crippen LogP) is -0.368. The molecule has 0 bridgehead atoms. The monoisotopic (exact) mass is 292 g/mol. The molecule has 2 unspecified atom stereocenters. The second-order valence-corrected chi connectivity index (χ2v) is 7.58. The normalized spacial score (nSPS) is 23.5. The molecule has 19 heavy (non-hydrogen) atoms. The van der Waals surface area contributed by atoms with Gasteiger partial charge >= 0.3 is 0 Å². The summed E-state index contributed by atoms with van der Waals surface area (Å²) in [6, 6.07) is -0.863. The first-order valence-corrected chi connectivity index (χ1v) is 8.36. The Balaban J connectivity index is 2.80. The number of rotatable bonds is 6. The molecule has 1 aliphatic rings. The Morgan fingerprint density at radius 3 is 2.53 bits per heavy atom. The van der Waals surface area contributed by atoms with E-state index >= 15 is 0 Å². The maximum absolute atomic E-state index is 12.3. The van der Waals surface area contributed by atoms with E-state index in [1.165, 1.54) is 0 Å². The highest BCUT2D eigenvalue weighted by atomic mass is 32.2. The summed E-state index contributed by atoms with van der Waals surface area (Å²) in [6.45, 7) is 4.52. The van der Waals surface area contributed by atoms with E-state index in [1.54, 1.807) is 12.0 Å². The predicted molar refractivity (Wildman–Crippen MR) is 73.5 cm³/mol. The first-order chi connectivity index (χ1) is 8.78. The molecule has 0 aromatic rings. The maximum atomic E-state index is 12.3. The molecule has 1 rings (SSSR count). The van der Waals surface area contributed by atoms with E-state index in [0.717, 1.165) is 0 Å². The van der Waals surface area contributed by atoms with Gasteiger partial charge in [0.2, 0.25) is 5.91 Å². The van der Waals surface area contributed by atoms with Crippen LogP contribution < -0.4 is 5.73 Å². The second kappa shape index (κ2) is 6.67. The molecular weight excluding hydrogens is 268 g/mol. The molecule has 0 aromatic carbocycles. The van der Waals surface area contributed by atoms with Crippen LogP contribution in [0.3, 0.4) is 0 Å². The van der Waals surface area contributed by atoms with Gasteiger partial charge in [0.1, 0.15) is 0 Å². The summed E-state index contributed by atoms with van der Waals surface area (Å²) in [4.78, 5) is 13.9. The number of carbonyl (C=O) groups excluding carboxylic acids is 1. The number of nitrogens with zero attached hydrogens (tertiary/aromatic N) is 1. The van der Waals surface area contributed by atoms with Crippen molar-refractivity contribution in [1.29, 1.82) is 0 Å². The lowest BCUT2D eigenvalue weighted by atomic mass is 10.0. The first kappa shape index (κ1) is 16.4. The lowest BCUT2D eigenvalue weighted by Crippen LogP contribution is -2.52. The molecule has 112 valence electrons. The molecule has 7 heteroatoms. The van der Waals surface area contributed by atoms with Gasteiger partial charge in [0.05, 0.1) is 24.2 Å². The zero-order valence-corrected chi connectivity index (χ0v) is 12.6. The Bertz CT molecular complexity index is 408. The van der Waals surface area contributed by atoms with Crippen molar-refractivity contribution in [2.45, 2.75) is 32.4 Å². The van der Waals surface area contributed by atoms with Gasteiger partial charge < -0.3 is 15.4 Å². The standard InChI is InChI=1S/C12H24N2O4S/c1-9(2)11(13)12(15)14(5-6-18-3)10-4-7-19(16,17)8-10/h9-11H,4-8,13H2,1-3H3. The summed E-state index contributed by atoms with van der Waals surface area (Å²) in [5.74, 6) is 0.0169. The van der Waals surface area contributed by atoms with Crippen molar-refractivity contribution in [2.24, 2.45) is 11.7 Å². The summed E-state index contributed by atoms with van der Waals surface area (Å²) in [7, 11) is -1.47. The Morgan fingerprint density at radius 2 is 2.11 bits per heavy atom. The van der Waals surface area contributed by atoms with Crippen molar-refractivity contribution in [1.82, 2.24) is 4.90 Å². The van der Waals surface area contributed by atoms with Gasteiger partial charge in [-0.2, -0.15) is 0 Å². The second-order valence-electron chi connectivity index (χ2n) is 5.35. The number of ether oxygens (including phenoxy) is 1. The quantitative estimate of drug-likeness (QED) is 0.721. The first-order valence-electron chi connectivity index (χ1n) is 6.54. The molecule has 0 aromatic heterocycles. The third-order valence-electron chi connectivity index (χ3n) is 3.47. The molecule has 1 aliphatic heterocycles. The van der Waals surface area contributed by atoms with E-state index in [1.807, 2.05) is 13.8 Å². The molecule has 1 heterocycles. The minimum absolute atomic E-state index is 0.0237. The average Bonchev–Trinajstić information content (AvgIpc) is 2.68. The van der Waals surface area contributed by atoms with Gasteiger partial charge in [-0.3, -0.25) is 4.79 Å². The van der Waals surface area contributed by atoms with Crippen molar-refractivity contribution in [2.75, 3.05) is 31.8 Å². The van der Waals surface area contributed by atoms with Crippen LogP contribution in [0.1, 0.15) is 20.3 Å². The molecule has 2 atom stereocenters. The van der Waals surface area contributed by atoms with Crippen molar-refractivity contribution in [3.63, 3.8) is 0 Å². The number of nitrogens with two attached hydrogens (primary N) is 1. The number of carbonyl (C=O) groups is 1. The summed E-state index contributed by atoms with van der Waals surface area (Å²) < 4.78 is 28.1. The third-order valence-corrected chi connectivity index (χ3v) is 5.22. The van der Waals surface area contributed by atoms with E-state index in [4.69, 9.17) is 10.5 Å². The molecule has 6 nitrogen and oxygen atoms in total. The summed E-state index contributed by atoms with van der Waals surface area (Å²) >= 11 is 0. The fourth-order valence-corrected chi connectivity index (χ4v) is 3.89. The lowest BCUT2D eigenvalue weighted by Gasteiger charge is -2.31. The highest BCUT2D eigenvalue weighted by molar-refractivity contribution is 7.91. The molecule has 0 radical (unpaired) electrons. The minimum Gasteiger partial charge on any atom is -0.383 e. The smallest absolute Gasteiger partial charge is 0.240 e. The van der Waals surface area contributed by atoms with Gasteiger partial charge in [0.25, 0.3) is 0 Å². The summed E-state index contributed by atoms with van der Waals surface area (Å²) in [6.07, 6.45) is 0.489. The van der Waals surface area contributed by atoms with E-state index in [-0.39, 0.29) is 29.4 Å². The van der Waals surface area contributed by atoms with E-state index in [9.17, 15) is 13.2 Å². The van der Waals surface area contributed by atoms with Crippen LogP contribution in [-0.2, 0) is 19.4 Å². The van der Waals surface area contributed by atoms with Crippen LogP contribution in [0, 0.1) is 5.92 Å². The van der Waals surface area contributed by atoms with Crippen LogP contribution in [0.2, 0.25) is 0 Å². The average molecular weight is 292 g/mol.